The predicted octanol–water partition coefficient (Wildman–Crippen LogP) is 2.16. The van der Waals surface area contributed by atoms with Crippen LogP contribution in [0.2, 0.25) is 0 Å². The zero-order chi connectivity index (χ0) is 13.9. The highest BCUT2D eigenvalue weighted by atomic mass is 15.3. The number of hydrogen-bond acceptors (Lipinski definition) is 3. The van der Waals surface area contributed by atoms with E-state index >= 15 is 0 Å². The van der Waals surface area contributed by atoms with Gasteiger partial charge in [-0.3, -0.25) is 9.80 Å². The minimum Gasteiger partial charge on any atom is -0.329 e. The van der Waals surface area contributed by atoms with Crippen molar-refractivity contribution >= 4 is 0 Å². The summed E-state index contributed by atoms with van der Waals surface area (Å²) in [6, 6.07) is 1.20. The Morgan fingerprint density at radius 2 is 1.78 bits per heavy atom. The maximum atomic E-state index is 6.18. The molecule has 3 heteroatoms. The molecule has 1 atom stereocenters. The van der Waals surface area contributed by atoms with Gasteiger partial charge in [0.25, 0.3) is 0 Å². The fourth-order valence-corrected chi connectivity index (χ4v) is 3.19. The lowest BCUT2D eigenvalue weighted by molar-refractivity contribution is 0.0520. The molecule has 0 radical (unpaired) electrons. The van der Waals surface area contributed by atoms with Crippen molar-refractivity contribution in [3.05, 3.63) is 0 Å². The quantitative estimate of drug-likeness (QED) is 0.789. The fraction of sp³-hybridized carbons (Fsp3) is 1.00. The number of likely N-dealkylation sites (tertiary alicyclic amines) is 1. The van der Waals surface area contributed by atoms with E-state index in [1.54, 1.807) is 0 Å². The third-order valence-electron chi connectivity index (χ3n) is 4.27. The van der Waals surface area contributed by atoms with E-state index in [0.717, 1.165) is 19.6 Å². The molecule has 3 nitrogen and oxygen atoms in total. The molecule has 18 heavy (non-hydrogen) atoms. The summed E-state index contributed by atoms with van der Waals surface area (Å²) in [5.41, 5.74) is 6.37. The standard InChI is InChI=1S/C15H33N3/c1-12(2)9-18(14(5)6)15(10-16)7-8-17(11-15)13(3)4/h12-14H,7-11,16H2,1-6H3. The summed E-state index contributed by atoms with van der Waals surface area (Å²) in [6.45, 7) is 18.0. The molecule has 1 heterocycles. The largest absolute Gasteiger partial charge is 0.329 e. The molecule has 1 aliphatic heterocycles. The maximum Gasteiger partial charge on any atom is 0.0473 e. The lowest BCUT2D eigenvalue weighted by atomic mass is 9.93. The minimum absolute atomic E-state index is 0.197. The first kappa shape index (κ1) is 15.9. The van der Waals surface area contributed by atoms with Crippen LogP contribution < -0.4 is 5.73 Å². The van der Waals surface area contributed by atoms with Crippen molar-refractivity contribution in [1.29, 1.82) is 0 Å². The van der Waals surface area contributed by atoms with Gasteiger partial charge in [-0.2, -0.15) is 0 Å². The van der Waals surface area contributed by atoms with E-state index in [4.69, 9.17) is 5.73 Å². The van der Waals surface area contributed by atoms with Crippen LogP contribution in [0.15, 0.2) is 0 Å². The van der Waals surface area contributed by atoms with Crippen molar-refractivity contribution in [2.75, 3.05) is 26.2 Å². The molecule has 108 valence electrons. The molecule has 1 saturated heterocycles. The van der Waals surface area contributed by atoms with Crippen LogP contribution in [-0.2, 0) is 0 Å². The Labute approximate surface area is 114 Å². The topological polar surface area (TPSA) is 32.5 Å². The molecule has 0 aliphatic carbocycles. The Kier molecular flexibility index (Phi) is 5.63. The van der Waals surface area contributed by atoms with Crippen LogP contribution >= 0.6 is 0 Å². The van der Waals surface area contributed by atoms with Crippen LogP contribution in [0.3, 0.4) is 0 Å². The van der Waals surface area contributed by atoms with Crippen LogP contribution in [0, 0.1) is 5.92 Å². The van der Waals surface area contributed by atoms with Crippen molar-refractivity contribution in [2.24, 2.45) is 11.7 Å². The molecular formula is C15H33N3. The molecule has 0 spiro atoms. The number of nitrogens with two attached hydrogens (primary N) is 1. The molecule has 0 bridgehead atoms. The van der Waals surface area contributed by atoms with Crippen LogP contribution in [0.1, 0.15) is 48.0 Å². The first-order chi connectivity index (χ1) is 8.32. The Hall–Kier alpha value is -0.120. The SMILES string of the molecule is CC(C)CN(C(C)C)C1(CN)CCN(C(C)C)C1. The summed E-state index contributed by atoms with van der Waals surface area (Å²) in [4.78, 5) is 5.22. The van der Waals surface area contributed by atoms with Crippen molar-refractivity contribution in [3.8, 4) is 0 Å². The van der Waals surface area contributed by atoms with Gasteiger partial charge in [0.05, 0.1) is 0 Å². The fourth-order valence-electron chi connectivity index (χ4n) is 3.19. The number of rotatable bonds is 6. The monoisotopic (exact) mass is 255 g/mol. The summed E-state index contributed by atoms with van der Waals surface area (Å²) in [7, 11) is 0. The van der Waals surface area contributed by atoms with Crippen molar-refractivity contribution in [2.45, 2.75) is 65.6 Å². The molecule has 0 aromatic carbocycles. The summed E-state index contributed by atoms with van der Waals surface area (Å²) < 4.78 is 0. The molecule has 0 aromatic heterocycles. The molecule has 0 aromatic rings. The highest BCUT2D eigenvalue weighted by Gasteiger charge is 2.43. The van der Waals surface area contributed by atoms with E-state index in [1.165, 1.54) is 13.0 Å². The van der Waals surface area contributed by atoms with Crippen LogP contribution in [-0.4, -0.2) is 53.6 Å². The average Bonchev–Trinajstić information content (AvgIpc) is 2.71. The summed E-state index contributed by atoms with van der Waals surface area (Å²) >= 11 is 0. The average molecular weight is 255 g/mol. The van der Waals surface area contributed by atoms with Gasteiger partial charge in [-0.15, -0.1) is 0 Å². The second-order valence-electron chi connectivity index (χ2n) is 6.88. The van der Waals surface area contributed by atoms with E-state index in [-0.39, 0.29) is 5.54 Å². The van der Waals surface area contributed by atoms with E-state index in [2.05, 4.69) is 51.3 Å². The molecule has 0 amide bonds. The first-order valence-electron chi connectivity index (χ1n) is 7.53. The molecular weight excluding hydrogens is 222 g/mol. The molecule has 1 aliphatic rings. The van der Waals surface area contributed by atoms with E-state index < -0.39 is 0 Å². The van der Waals surface area contributed by atoms with Crippen molar-refractivity contribution < 1.29 is 0 Å². The van der Waals surface area contributed by atoms with Crippen LogP contribution in [0.25, 0.3) is 0 Å². The van der Waals surface area contributed by atoms with E-state index in [0.29, 0.717) is 18.0 Å². The molecule has 2 N–H and O–H groups in total. The summed E-state index contributed by atoms with van der Waals surface area (Å²) in [5.74, 6) is 0.698. The van der Waals surface area contributed by atoms with Crippen LogP contribution in [0.4, 0.5) is 0 Å². The number of nitrogens with zero attached hydrogens (tertiary/aromatic N) is 2. The van der Waals surface area contributed by atoms with E-state index in [9.17, 15) is 0 Å². The van der Waals surface area contributed by atoms with Gasteiger partial charge in [0.15, 0.2) is 0 Å². The van der Waals surface area contributed by atoms with Crippen LogP contribution in [0.5, 0.6) is 0 Å². The Bertz CT molecular complexity index is 250. The summed E-state index contributed by atoms with van der Waals surface area (Å²) in [5, 5.41) is 0. The third-order valence-corrected chi connectivity index (χ3v) is 4.27. The van der Waals surface area contributed by atoms with Gasteiger partial charge >= 0.3 is 0 Å². The van der Waals surface area contributed by atoms with Gasteiger partial charge < -0.3 is 5.73 Å². The van der Waals surface area contributed by atoms with Crippen molar-refractivity contribution in [1.82, 2.24) is 9.80 Å². The molecule has 1 unspecified atom stereocenters. The number of hydrogen-bond donors (Lipinski definition) is 1. The third kappa shape index (κ3) is 3.46. The molecule has 1 fully saturated rings. The molecule has 1 rings (SSSR count). The van der Waals surface area contributed by atoms with Gasteiger partial charge in [0.1, 0.15) is 0 Å². The predicted molar refractivity (Wildman–Crippen MR) is 79.8 cm³/mol. The second-order valence-corrected chi connectivity index (χ2v) is 6.88. The minimum atomic E-state index is 0.197. The van der Waals surface area contributed by atoms with Gasteiger partial charge in [-0.1, -0.05) is 13.8 Å². The highest BCUT2D eigenvalue weighted by molar-refractivity contribution is 5.01. The Morgan fingerprint density at radius 1 is 1.17 bits per heavy atom. The van der Waals surface area contributed by atoms with Gasteiger partial charge in [0.2, 0.25) is 0 Å². The highest BCUT2D eigenvalue weighted by Crippen LogP contribution is 2.30. The second kappa shape index (κ2) is 6.36. The maximum absolute atomic E-state index is 6.18. The Morgan fingerprint density at radius 3 is 2.11 bits per heavy atom. The lowest BCUT2D eigenvalue weighted by Crippen LogP contribution is -2.59. The van der Waals surface area contributed by atoms with Crippen molar-refractivity contribution in [3.63, 3.8) is 0 Å². The normalized spacial score (nSPS) is 26.2. The smallest absolute Gasteiger partial charge is 0.0473 e. The first-order valence-corrected chi connectivity index (χ1v) is 7.53. The zero-order valence-electron chi connectivity index (χ0n) is 13.2. The summed E-state index contributed by atoms with van der Waals surface area (Å²) in [6.07, 6.45) is 1.21. The van der Waals surface area contributed by atoms with Gasteiger partial charge in [-0.05, 0) is 40.0 Å². The van der Waals surface area contributed by atoms with Gasteiger partial charge in [-0.25, -0.2) is 0 Å². The van der Waals surface area contributed by atoms with Gasteiger partial charge in [0, 0.05) is 43.8 Å². The Balaban J connectivity index is 2.85. The zero-order valence-corrected chi connectivity index (χ0v) is 13.2. The lowest BCUT2D eigenvalue weighted by Gasteiger charge is -2.44. The van der Waals surface area contributed by atoms with E-state index in [1.807, 2.05) is 0 Å². The molecule has 0 saturated carbocycles.